The highest BCUT2D eigenvalue weighted by Gasteiger charge is 2.22. The summed E-state index contributed by atoms with van der Waals surface area (Å²) in [6, 6.07) is 8.42. The molecule has 1 aromatic carbocycles. The molecule has 1 atom stereocenters. The minimum atomic E-state index is 0.441. The molecule has 1 aliphatic heterocycles. The largest absolute Gasteiger partial charge is 0.340 e. The first-order valence-electron chi connectivity index (χ1n) is 8.34. The molecule has 1 fully saturated rings. The molecule has 1 saturated heterocycles. The number of nitrogens with zero attached hydrogens (tertiary/aromatic N) is 4. The third kappa shape index (κ3) is 2.90. The predicted molar refractivity (Wildman–Crippen MR) is 95.7 cm³/mol. The lowest BCUT2D eigenvalue weighted by Gasteiger charge is -2.35. The molecular formula is C17H21N7. The third-order valence-electron chi connectivity index (χ3n) is 4.43. The number of benzene rings is 1. The molecule has 0 radical (unpaired) electrons. The van der Waals surface area contributed by atoms with Crippen LogP contribution in [0.3, 0.4) is 0 Å². The molecule has 3 heterocycles. The summed E-state index contributed by atoms with van der Waals surface area (Å²) >= 11 is 0. The molecule has 0 spiro atoms. The quantitative estimate of drug-likeness (QED) is 0.683. The topological polar surface area (TPSA) is 81.8 Å². The van der Waals surface area contributed by atoms with Gasteiger partial charge in [-0.2, -0.15) is 10.1 Å². The summed E-state index contributed by atoms with van der Waals surface area (Å²) in [7, 11) is 0. The van der Waals surface area contributed by atoms with E-state index in [0.717, 1.165) is 54.4 Å². The van der Waals surface area contributed by atoms with Gasteiger partial charge in [0.2, 0.25) is 5.95 Å². The van der Waals surface area contributed by atoms with Gasteiger partial charge in [0.1, 0.15) is 5.82 Å². The number of aromatic nitrogens is 4. The second-order valence-corrected chi connectivity index (χ2v) is 6.00. The molecule has 2 aromatic heterocycles. The number of anilines is 3. The molecule has 0 amide bonds. The van der Waals surface area contributed by atoms with Gasteiger partial charge in [-0.25, -0.2) is 4.98 Å². The van der Waals surface area contributed by atoms with Crippen LogP contribution in [0.25, 0.3) is 10.9 Å². The van der Waals surface area contributed by atoms with Crippen LogP contribution in [0.5, 0.6) is 0 Å². The highest BCUT2D eigenvalue weighted by Crippen LogP contribution is 2.22. The number of nitrogens with one attached hydrogen (secondary N) is 3. The Hall–Kier alpha value is -2.67. The van der Waals surface area contributed by atoms with Gasteiger partial charge in [-0.15, -0.1) is 0 Å². The van der Waals surface area contributed by atoms with Crippen molar-refractivity contribution in [2.45, 2.75) is 19.4 Å². The van der Waals surface area contributed by atoms with Crippen molar-refractivity contribution in [3.8, 4) is 0 Å². The van der Waals surface area contributed by atoms with Crippen molar-refractivity contribution in [2.75, 3.05) is 29.9 Å². The first-order valence-corrected chi connectivity index (χ1v) is 8.34. The zero-order valence-corrected chi connectivity index (χ0v) is 13.7. The van der Waals surface area contributed by atoms with Crippen molar-refractivity contribution in [3.63, 3.8) is 0 Å². The average molecular weight is 323 g/mol. The van der Waals surface area contributed by atoms with Gasteiger partial charge in [0.05, 0.1) is 11.7 Å². The molecule has 7 nitrogen and oxygen atoms in total. The Kier molecular flexibility index (Phi) is 4.00. The lowest BCUT2D eigenvalue weighted by molar-refractivity contribution is 0.459. The molecule has 1 aliphatic rings. The standard InChI is InChI=1S/C17H21N7/c1-2-14-11-18-7-8-24(14)17-19-6-5-16(22-17)21-13-3-4-15-12(9-13)10-20-23-15/h3-6,9-10,14,18H,2,7-8,11H2,1H3,(H,20,23)(H,19,21,22). The van der Waals surface area contributed by atoms with Crippen LogP contribution in [0.15, 0.2) is 36.7 Å². The van der Waals surface area contributed by atoms with Gasteiger partial charge in [-0.3, -0.25) is 5.10 Å². The summed E-state index contributed by atoms with van der Waals surface area (Å²) in [6.07, 6.45) is 4.71. The highest BCUT2D eigenvalue weighted by molar-refractivity contribution is 5.82. The monoisotopic (exact) mass is 323 g/mol. The van der Waals surface area contributed by atoms with Gasteiger partial charge in [-0.1, -0.05) is 6.92 Å². The highest BCUT2D eigenvalue weighted by atomic mass is 15.3. The number of hydrogen-bond acceptors (Lipinski definition) is 6. The zero-order chi connectivity index (χ0) is 16.4. The number of fused-ring (bicyclic) bond motifs is 1. The Morgan fingerprint density at radius 3 is 3.21 bits per heavy atom. The van der Waals surface area contributed by atoms with Crippen LogP contribution in [0.4, 0.5) is 17.5 Å². The van der Waals surface area contributed by atoms with Crippen LogP contribution in [-0.2, 0) is 0 Å². The average Bonchev–Trinajstić information content (AvgIpc) is 3.10. The van der Waals surface area contributed by atoms with Gasteiger partial charge in [0.15, 0.2) is 0 Å². The number of H-pyrrole nitrogens is 1. The Bertz CT molecular complexity index is 828. The molecule has 4 rings (SSSR count). The fourth-order valence-electron chi connectivity index (χ4n) is 3.11. The van der Waals surface area contributed by atoms with Gasteiger partial charge in [0, 0.05) is 42.9 Å². The van der Waals surface area contributed by atoms with Gasteiger partial charge < -0.3 is 15.5 Å². The SMILES string of the molecule is CCC1CNCCN1c1nccc(Nc2ccc3[nH]ncc3c2)n1. The van der Waals surface area contributed by atoms with Crippen LogP contribution in [0.2, 0.25) is 0 Å². The molecule has 3 N–H and O–H groups in total. The summed E-state index contributed by atoms with van der Waals surface area (Å²) < 4.78 is 0. The molecule has 0 saturated carbocycles. The molecule has 3 aromatic rings. The second kappa shape index (κ2) is 6.45. The maximum atomic E-state index is 4.71. The van der Waals surface area contributed by atoms with E-state index in [1.54, 1.807) is 0 Å². The van der Waals surface area contributed by atoms with E-state index in [0.29, 0.717) is 6.04 Å². The maximum Gasteiger partial charge on any atom is 0.227 e. The molecule has 0 bridgehead atoms. The molecule has 24 heavy (non-hydrogen) atoms. The first-order chi connectivity index (χ1) is 11.8. The molecule has 124 valence electrons. The van der Waals surface area contributed by atoms with E-state index in [9.17, 15) is 0 Å². The normalized spacial score (nSPS) is 18.0. The predicted octanol–water partition coefficient (Wildman–Crippen LogP) is 2.28. The van der Waals surface area contributed by atoms with E-state index in [-0.39, 0.29) is 0 Å². The van der Waals surface area contributed by atoms with Crippen molar-refractivity contribution in [2.24, 2.45) is 0 Å². The number of piperazine rings is 1. The van der Waals surface area contributed by atoms with Crippen LogP contribution in [-0.4, -0.2) is 45.8 Å². The molecule has 0 aliphatic carbocycles. The third-order valence-corrected chi connectivity index (χ3v) is 4.43. The van der Waals surface area contributed by atoms with E-state index >= 15 is 0 Å². The lowest BCUT2D eigenvalue weighted by atomic mass is 10.1. The van der Waals surface area contributed by atoms with E-state index in [1.165, 1.54) is 0 Å². The molecule has 1 unspecified atom stereocenters. The number of aromatic amines is 1. The fourth-order valence-corrected chi connectivity index (χ4v) is 3.11. The second-order valence-electron chi connectivity index (χ2n) is 6.00. The summed E-state index contributed by atoms with van der Waals surface area (Å²) in [6.45, 7) is 5.08. The van der Waals surface area contributed by atoms with Crippen LogP contribution in [0, 0.1) is 0 Å². The first kappa shape index (κ1) is 14.9. The van der Waals surface area contributed by atoms with Crippen molar-refractivity contribution < 1.29 is 0 Å². The van der Waals surface area contributed by atoms with E-state index in [2.05, 4.69) is 43.7 Å². The summed E-state index contributed by atoms with van der Waals surface area (Å²) in [4.78, 5) is 11.5. The minimum absolute atomic E-state index is 0.441. The smallest absolute Gasteiger partial charge is 0.227 e. The van der Waals surface area contributed by atoms with Crippen LogP contribution >= 0.6 is 0 Å². The van der Waals surface area contributed by atoms with Crippen LogP contribution < -0.4 is 15.5 Å². The van der Waals surface area contributed by atoms with E-state index < -0.39 is 0 Å². The summed E-state index contributed by atoms with van der Waals surface area (Å²) in [5, 5.41) is 14.9. The maximum absolute atomic E-state index is 4.71. The molecule has 7 heteroatoms. The Morgan fingerprint density at radius 2 is 2.29 bits per heavy atom. The van der Waals surface area contributed by atoms with Crippen molar-refractivity contribution in [3.05, 3.63) is 36.7 Å². The van der Waals surface area contributed by atoms with E-state index in [1.807, 2.05) is 30.6 Å². The Morgan fingerprint density at radius 1 is 1.33 bits per heavy atom. The summed E-state index contributed by atoms with van der Waals surface area (Å²) in [5.74, 6) is 1.59. The minimum Gasteiger partial charge on any atom is -0.340 e. The Labute approximate surface area is 140 Å². The number of hydrogen-bond donors (Lipinski definition) is 3. The van der Waals surface area contributed by atoms with Crippen molar-refractivity contribution in [1.29, 1.82) is 0 Å². The number of rotatable bonds is 4. The van der Waals surface area contributed by atoms with Gasteiger partial charge >= 0.3 is 0 Å². The molecular weight excluding hydrogens is 302 g/mol. The Balaban J connectivity index is 1.57. The lowest BCUT2D eigenvalue weighted by Crippen LogP contribution is -2.51. The van der Waals surface area contributed by atoms with Crippen LogP contribution in [0.1, 0.15) is 13.3 Å². The zero-order valence-electron chi connectivity index (χ0n) is 13.7. The van der Waals surface area contributed by atoms with Gasteiger partial charge in [-0.05, 0) is 30.7 Å². The van der Waals surface area contributed by atoms with Gasteiger partial charge in [0.25, 0.3) is 0 Å². The van der Waals surface area contributed by atoms with Crippen molar-refractivity contribution >= 4 is 28.4 Å². The van der Waals surface area contributed by atoms with Crippen molar-refractivity contribution in [1.82, 2.24) is 25.5 Å². The summed E-state index contributed by atoms with van der Waals surface area (Å²) in [5.41, 5.74) is 2.01. The van der Waals surface area contributed by atoms with E-state index in [4.69, 9.17) is 4.98 Å². The fraction of sp³-hybridized carbons (Fsp3) is 0.353.